The Bertz CT molecular complexity index is 1260. The van der Waals surface area contributed by atoms with Gasteiger partial charge in [-0.1, -0.05) is 55.3 Å². The number of halogens is 2. The van der Waals surface area contributed by atoms with Crippen LogP contribution in [-0.4, -0.2) is 28.2 Å². The van der Waals surface area contributed by atoms with Crippen molar-refractivity contribution in [2.75, 3.05) is 12.4 Å². The summed E-state index contributed by atoms with van der Waals surface area (Å²) in [7, 11) is 1.47. The second-order valence-electron chi connectivity index (χ2n) is 6.82. The van der Waals surface area contributed by atoms with Crippen molar-refractivity contribution in [2.24, 2.45) is 0 Å². The number of H-pyrrole nitrogens is 1. The van der Waals surface area contributed by atoms with Gasteiger partial charge in [-0.3, -0.25) is 9.89 Å². The number of nitrogens with zero attached hydrogens (tertiary/aromatic N) is 2. The van der Waals surface area contributed by atoms with Crippen molar-refractivity contribution >= 4 is 34.2 Å². The standard InChI is InChI=1S/C22H18ClFN4O3.C2H6/c1-12-3-5-13(6-4-12)11-31-17-8-7-16(23)18(19(17)24)21(29)26-14-9-15-20(25-10-14)27-28-22(15)30-2;1-2/h3-10H,11H2,1-2H3,(H,26,29)(H,25,27,28);1-2H3. The minimum Gasteiger partial charge on any atom is -0.486 e. The van der Waals surface area contributed by atoms with E-state index in [1.54, 1.807) is 6.07 Å². The van der Waals surface area contributed by atoms with Crippen LogP contribution in [0.3, 0.4) is 0 Å². The number of fused-ring (bicyclic) bond motifs is 1. The molecular formula is C24H24ClFN4O3. The molecule has 2 aromatic carbocycles. The average Bonchev–Trinajstić information content (AvgIpc) is 3.23. The van der Waals surface area contributed by atoms with E-state index in [9.17, 15) is 4.79 Å². The molecule has 0 unspecified atom stereocenters. The van der Waals surface area contributed by atoms with Crippen LogP contribution in [0.2, 0.25) is 5.02 Å². The molecule has 0 saturated carbocycles. The fraction of sp³-hybridized carbons (Fsp3) is 0.208. The zero-order valence-corrected chi connectivity index (χ0v) is 19.5. The maximum atomic E-state index is 15.1. The predicted molar refractivity (Wildman–Crippen MR) is 127 cm³/mol. The molecule has 1 amide bonds. The van der Waals surface area contributed by atoms with E-state index in [4.69, 9.17) is 21.1 Å². The highest BCUT2D eigenvalue weighted by Crippen LogP contribution is 2.29. The average molecular weight is 471 g/mol. The monoisotopic (exact) mass is 470 g/mol. The van der Waals surface area contributed by atoms with E-state index in [0.717, 1.165) is 11.1 Å². The molecule has 0 aliphatic carbocycles. The van der Waals surface area contributed by atoms with Crippen molar-refractivity contribution in [2.45, 2.75) is 27.4 Å². The van der Waals surface area contributed by atoms with Gasteiger partial charge in [-0.05, 0) is 30.7 Å². The number of benzene rings is 2. The molecule has 7 nitrogen and oxygen atoms in total. The number of ether oxygens (including phenoxy) is 2. The van der Waals surface area contributed by atoms with Crippen molar-refractivity contribution < 1.29 is 18.7 Å². The Morgan fingerprint density at radius 1 is 1.18 bits per heavy atom. The normalized spacial score (nSPS) is 10.4. The predicted octanol–water partition coefficient (Wildman–Crippen LogP) is 5.92. The van der Waals surface area contributed by atoms with Crippen LogP contribution in [0, 0.1) is 12.7 Å². The van der Waals surface area contributed by atoms with Crippen molar-refractivity contribution in [3.63, 3.8) is 0 Å². The first-order chi connectivity index (χ1) is 16.0. The van der Waals surface area contributed by atoms with Crippen LogP contribution in [-0.2, 0) is 6.61 Å². The van der Waals surface area contributed by atoms with Gasteiger partial charge in [-0.15, -0.1) is 5.10 Å². The number of rotatable bonds is 6. The minimum atomic E-state index is -0.841. The van der Waals surface area contributed by atoms with Gasteiger partial charge in [-0.25, -0.2) is 9.37 Å². The van der Waals surface area contributed by atoms with Gasteiger partial charge in [-0.2, -0.15) is 0 Å². The fourth-order valence-corrected chi connectivity index (χ4v) is 3.23. The summed E-state index contributed by atoms with van der Waals surface area (Å²) >= 11 is 6.12. The third kappa shape index (κ3) is 5.40. The molecule has 2 aromatic heterocycles. The van der Waals surface area contributed by atoms with E-state index in [2.05, 4.69) is 20.5 Å². The topological polar surface area (TPSA) is 89.1 Å². The smallest absolute Gasteiger partial charge is 0.260 e. The van der Waals surface area contributed by atoms with Crippen LogP contribution >= 0.6 is 11.6 Å². The number of anilines is 1. The van der Waals surface area contributed by atoms with Gasteiger partial charge < -0.3 is 14.8 Å². The number of amides is 1. The number of aryl methyl sites for hydroxylation is 1. The third-order valence-electron chi connectivity index (χ3n) is 4.63. The molecule has 0 radical (unpaired) electrons. The highest BCUT2D eigenvalue weighted by atomic mass is 35.5. The second-order valence-corrected chi connectivity index (χ2v) is 7.22. The van der Waals surface area contributed by atoms with E-state index in [1.807, 2.05) is 45.0 Å². The summed E-state index contributed by atoms with van der Waals surface area (Å²) in [5.41, 5.74) is 2.49. The van der Waals surface area contributed by atoms with Crippen LogP contribution in [0.15, 0.2) is 48.7 Å². The van der Waals surface area contributed by atoms with Crippen LogP contribution in [0.25, 0.3) is 11.0 Å². The number of nitrogens with one attached hydrogen (secondary N) is 2. The summed E-state index contributed by atoms with van der Waals surface area (Å²) in [6, 6.07) is 12.1. The quantitative estimate of drug-likeness (QED) is 0.365. The third-order valence-corrected chi connectivity index (χ3v) is 4.95. The summed E-state index contributed by atoms with van der Waals surface area (Å²) in [5.74, 6) is -1.31. The largest absolute Gasteiger partial charge is 0.486 e. The molecule has 0 fully saturated rings. The Hall–Kier alpha value is -3.65. The first-order valence-corrected chi connectivity index (χ1v) is 10.7. The number of hydrogen-bond donors (Lipinski definition) is 2. The van der Waals surface area contributed by atoms with Crippen molar-refractivity contribution in [3.8, 4) is 11.6 Å². The van der Waals surface area contributed by atoms with Crippen molar-refractivity contribution in [1.29, 1.82) is 0 Å². The molecule has 0 bridgehead atoms. The van der Waals surface area contributed by atoms with Crippen molar-refractivity contribution in [3.05, 3.63) is 76.2 Å². The molecule has 0 spiro atoms. The minimum absolute atomic E-state index is 0.0346. The molecule has 0 aliphatic heterocycles. The molecule has 0 atom stereocenters. The van der Waals surface area contributed by atoms with Gasteiger partial charge in [0.15, 0.2) is 17.2 Å². The summed E-state index contributed by atoms with van der Waals surface area (Å²) in [6.07, 6.45) is 1.42. The number of aromatic amines is 1. The Morgan fingerprint density at radius 2 is 1.91 bits per heavy atom. The van der Waals surface area contributed by atoms with E-state index >= 15 is 4.39 Å². The Labute approximate surface area is 195 Å². The molecule has 4 rings (SSSR count). The number of carbonyl (C=O) groups is 1. The van der Waals surface area contributed by atoms with E-state index in [-0.39, 0.29) is 22.9 Å². The van der Waals surface area contributed by atoms with Gasteiger partial charge >= 0.3 is 0 Å². The molecule has 2 heterocycles. The summed E-state index contributed by atoms with van der Waals surface area (Å²) in [5, 5.41) is 9.81. The number of aromatic nitrogens is 3. The van der Waals surface area contributed by atoms with Gasteiger partial charge in [0.2, 0.25) is 5.88 Å². The van der Waals surface area contributed by atoms with Gasteiger partial charge in [0.1, 0.15) is 6.61 Å². The first kappa shape index (κ1) is 24.0. The summed E-state index contributed by atoms with van der Waals surface area (Å²) in [4.78, 5) is 16.9. The number of methoxy groups -OCH3 is 1. The Morgan fingerprint density at radius 3 is 2.61 bits per heavy atom. The zero-order chi connectivity index (χ0) is 24.0. The molecule has 172 valence electrons. The Balaban J connectivity index is 0.00000149. The highest BCUT2D eigenvalue weighted by Gasteiger charge is 2.21. The molecular weight excluding hydrogens is 447 g/mol. The lowest BCUT2D eigenvalue weighted by atomic mass is 10.1. The number of hydrogen-bond acceptors (Lipinski definition) is 5. The van der Waals surface area contributed by atoms with Crippen LogP contribution < -0.4 is 14.8 Å². The SMILES string of the molecule is CC.COc1n[nH]c2ncc(NC(=O)c3c(Cl)ccc(OCc4ccc(C)cc4)c3F)cc12. The van der Waals surface area contributed by atoms with Crippen molar-refractivity contribution in [1.82, 2.24) is 15.2 Å². The zero-order valence-electron chi connectivity index (χ0n) is 18.7. The first-order valence-electron chi connectivity index (χ1n) is 10.3. The summed E-state index contributed by atoms with van der Waals surface area (Å²) < 4.78 is 25.8. The number of carbonyl (C=O) groups excluding carboxylic acids is 1. The highest BCUT2D eigenvalue weighted by molar-refractivity contribution is 6.34. The van der Waals surface area contributed by atoms with E-state index < -0.39 is 11.7 Å². The maximum Gasteiger partial charge on any atom is 0.260 e. The fourth-order valence-electron chi connectivity index (χ4n) is 3.00. The molecule has 0 saturated heterocycles. The molecule has 0 aliphatic rings. The maximum absolute atomic E-state index is 15.1. The van der Waals surface area contributed by atoms with Crippen LogP contribution in [0.4, 0.5) is 10.1 Å². The van der Waals surface area contributed by atoms with Crippen LogP contribution in [0.5, 0.6) is 11.6 Å². The second kappa shape index (κ2) is 10.8. The lowest BCUT2D eigenvalue weighted by Gasteiger charge is -2.12. The van der Waals surface area contributed by atoms with Gasteiger partial charge in [0.25, 0.3) is 5.91 Å². The molecule has 9 heteroatoms. The van der Waals surface area contributed by atoms with E-state index in [0.29, 0.717) is 22.6 Å². The molecule has 2 N–H and O–H groups in total. The lowest BCUT2D eigenvalue weighted by Crippen LogP contribution is -2.15. The van der Waals surface area contributed by atoms with Crippen LogP contribution in [0.1, 0.15) is 35.3 Å². The summed E-state index contributed by atoms with van der Waals surface area (Å²) in [6.45, 7) is 6.13. The van der Waals surface area contributed by atoms with Gasteiger partial charge in [0.05, 0.1) is 35.0 Å². The molecule has 4 aromatic rings. The van der Waals surface area contributed by atoms with Gasteiger partial charge in [0, 0.05) is 0 Å². The lowest BCUT2D eigenvalue weighted by molar-refractivity contribution is 0.102. The van der Waals surface area contributed by atoms with E-state index in [1.165, 1.54) is 25.4 Å². The Kier molecular flexibility index (Phi) is 7.84. The molecule has 33 heavy (non-hydrogen) atoms. The number of pyridine rings is 1.